The van der Waals surface area contributed by atoms with Gasteiger partial charge in [-0.25, -0.2) is 9.67 Å². The Bertz CT molecular complexity index is 907. The molecule has 0 fully saturated rings. The zero-order valence-corrected chi connectivity index (χ0v) is 16.9. The summed E-state index contributed by atoms with van der Waals surface area (Å²) in [5, 5.41) is 8.93. The molecule has 3 rings (SSSR count). The van der Waals surface area contributed by atoms with Gasteiger partial charge in [-0.1, -0.05) is 18.2 Å². The summed E-state index contributed by atoms with van der Waals surface area (Å²) in [5.74, 6) is -0.175. The summed E-state index contributed by atoms with van der Waals surface area (Å²) in [4.78, 5) is 31.0. The van der Waals surface area contributed by atoms with Crippen LogP contribution in [0.5, 0.6) is 0 Å². The van der Waals surface area contributed by atoms with Gasteiger partial charge in [0.2, 0.25) is 11.8 Å². The van der Waals surface area contributed by atoms with Gasteiger partial charge < -0.3 is 10.2 Å². The van der Waals surface area contributed by atoms with Crippen molar-refractivity contribution in [2.45, 2.75) is 32.4 Å². The minimum Gasteiger partial charge on any atom is -0.348 e. The van der Waals surface area contributed by atoms with E-state index in [1.807, 2.05) is 48.7 Å². The molecule has 0 saturated carbocycles. The molecule has 0 bridgehead atoms. The second kappa shape index (κ2) is 8.79. The van der Waals surface area contributed by atoms with E-state index in [0.717, 1.165) is 16.1 Å². The zero-order chi connectivity index (χ0) is 20.1. The van der Waals surface area contributed by atoms with E-state index in [4.69, 9.17) is 0 Å². The quantitative estimate of drug-likeness (QED) is 0.664. The van der Waals surface area contributed by atoms with Crippen LogP contribution in [0.1, 0.15) is 42.8 Å². The highest BCUT2D eigenvalue weighted by molar-refractivity contribution is 7.10. The Morgan fingerprint density at radius 1 is 1.25 bits per heavy atom. The molecule has 28 heavy (non-hydrogen) atoms. The lowest BCUT2D eigenvalue weighted by Gasteiger charge is -2.27. The van der Waals surface area contributed by atoms with Crippen LogP contribution in [-0.2, 0) is 9.59 Å². The van der Waals surface area contributed by atoms with E-state index in [2.05, 4.69) is 15.4 Å². The molecular formula is C20H23N5O2S. The average Bonchev–Trinajstić information content (AvgIpc) is 3.39. The van der Waals surface area contributed by atoms with Gasteiger partial charge in [-0.15, -0.1) is 11.3 Å². The van der Waals surface area contributed by atoms with Crippen molar-refractivity contribution in [2.75, 3.05) is 7.05 Å². The van der Waals surface area contributed by atoms with E-state index < -0.39 is 0 Å². The first-order chi connectivity index (χ1) is 13.5. The van der Waals surface area contributed by atoms with Gasteiger partial charge in [0, 0.05) is 18.8 Å². The minimum absolute atomic E-state index is 0.0278. The van der Waals surface area contributed by atoms with Gasteiger partial charge in [-0.3, -0.25) is 9.59 Å². The zero-order valence-electron chi connectivity index (χ0n) is 16.1. The molecule has 146 valence electrons. The highest BCUT2D eigenvalue weighted by Crippen LogP contribution is 2.26. The normalized spacial score (nSPS) is 13.0. The first kappa shape index (κ1) is 19.8. The van der Waals surface area contributed by atoms with Gasteiger partial charge in [0.15, 0.2) is 0 Å². The van der Waals surface area contributed by atoms with E-state index in [0.29, 0.717) is 0 Å². The van der Waals surface area contributed by atoms with Gasteiger partial charge in [0.25, 0.3) is 0 Å². The number of carbonyl (C=O) groups is 2. The van der Waals surface area contributed by atoms with Crippen LogP contribution >= 0.6 is 11.3 Å². The Morgan fingerprint density at radius 2 is 2.00 bits per heavy atom. The Kier molecular flexibility index (Phi) is 6.20. The van der Waals surface area contributed by atoms with Crippen molar-refractivity contribution in [2.24, 2.45) is 0 Å². The number of hydrogen-bond donors (Lipinski definition) is 1. The highest BCUT2D eigenvalue weighted by Gasteiger charge is 2.23. The summed E-state index contributed by atoms with van der Waals surface area (Å²) in [6.45, 7) is 3.45. The third-order valence-corrected chi connectivity index (χ3v) is 5.66. The molecule has 7 nitrogen and oxygen atoms in total. The molecule has 3 aromatic rings. The van der Waals surface area contributed by atoms with E-state index in [1.54, 1.807) is 23.0 Å². The number of thiophene rings is 1. The van der Waals surface area contributed by atoms with Crippen LogP contribution in [0.3, 0.4) is 0 Å². The number of carbonyl (C=O) groups excluding carboxylic acids is 2. The Balaban J connectivity index is 1.68. The van der Waals surface area contributed by atoms with E-state index in [1.165, 1.54) is 24.6 Å². The molecule has 0 radical (unpaired) electrons. The number of nitrogens with zero attached hydrogens (tertiary/aromatic N) is 4. The summed E-state index contributed by atoms with van der Waals surface area (Å²) in [6, 6.07) is 11.3. The summed E-state index contributed by atoms with van der Waals surface area (Å²) >= 11 is 1.53. The number of benzene rings is 1. The third-order valence-electron chi connectivity index (χ3n) is 4.68. The maximum atomic E-state index is 12.9. The first-order valence-electron chi connectivity index (χ1n) is 8.97. The Morgan fingerprint density at radius 3 is 2.57 bits per heavy atom. The van der Waals surface area contributed by atoms with Crippen molar-refractivity contribution >= 4 is 23.2 Å². The van der Waals surface area contributed by atoms with Gasteiger partial charge in [-0.05, 0) is 36.1 Å². The lowest BCUT2D eigenvalue weighted by molar-refractivity contribution is -0.132. The van der Waals surface area contributed by atoms with Gasteiger partial charge >= 0.3 is 0 Å². The topological polar surface area (TPSA) is 80.1 Å². The predicted octanol–water partition coefficient (Wildman–Crippen LogP) is 3.12. The van der Waals surface area contributed by atoms with Crippen LogP contribution in [0.15, 0.2) is 54.4 Å². The van der Waals surface area contributed by atoms with Crippen molar-refractivity contribution in [3.8, 4) is 5.69 Å². The molecule has 2 amide bonds. The number of nitrogens with one attached hydrogen (secondary N) is 1. The molecule has 2 aromatic heterocycles. The van der Waals surface area contributed by atoms with E-state index >= 15 is 0 Å². The number of aromatic nitrogens is 3. The van der Waals surface area contributed by atoms with Crippen molar-refractivity contribution in [1.29, 1.82) is 0 Å². The van der Waals surface area contributed by atoms with Crippen LogP contribution in [0.25, 0.3) is 5.69 Å². The van der Waals surface area contributed by atoms with Crippen molar-refractivity contribution in [3.63, 3.8) is 0 Å². The SMILES string of the molecule is CC(=O)NC(CC(=O)N(C)C(C)c1ccc(-n2cncn2)cc1)c1cccs1. The number of rotatable bonds is 7. The molecule has 0 aliphatic rings. The molecular weight excluding hydrogens is 374 g/mol. The fraction of sp³-hybridized carbons (Fsp3) is 0.300. The Hall–Kier alpha value is -3.00. The second-order valence-electron chi connectivity index (χ2n) is 6.58. The fourth-order valence-corrected chi connectivity index (χ4v) is 3.74. The molecule has 1 N–H and O–H groups in total. The maximum absolute atomic E-state index is 12.9. The molecule has 1 aromatic carbocycles. The van der Waals surface area contributed by atoms with Crippen molar-refractivity contribution in [1.82, 2.24) is 25.0 Å². The summed E-state index contributed by atoms with van der Waals surface area (Å²) < 4.78 is 1.68. The highest BCUT2D eigenvalue weighted by atomic mass is 32.1. The summed E-state index contributed by atoms with van der Waals surface area (Å²) in [7, 11) is 1.79. The standard InChI is InChI=1S/C20H23N5O2S/c1-14(16-6-8-17(9-7-16)25-13-21-12-22-25)24(3)20(27)11-18(23-15(2)26)19-5-4-10-28-19/h4-10,12-14,18H,11H2,1-3H3,(H,23,26). The number of hydrogen-bond acceptors (Lipinski definition) is 5. The summed E-state index contributed by atoms with van der Waals surface area (Å²) in [6.07, 6.45) is 3.35. The molecule has 0 aliphatic heterocycles. The largest absolute Gasteiger partial charge is 0.348 e. The van der Waals surface area contributed by atoms with E-state index in [-0.39, 0.29) is 30.3 Å². The average molecular weight is 398 g/mol. The Labute approximate surface area is 168 Å². The molecule has 2 heterocycles. The van der Waals surface area contributed by atoms with Gasteiger partial charge in [-0.2, -0.15) is 5.10 Å². The molecule has 0 spiro atoms. The molecule has 0 aliphatic carbocycles. The predicted molar refractivity (Wildman–Crippen MR) is 108 cm³/mol. The fourth-order valence-electron chi connectivity index (χ4n) is 2.96. The smallest absolute Gasteiger partial charge is 0.225 e. The minimum atomic E-state index is -0.311. The lowest BCUT2D eigenvalue weighted by atomic mass is 10.1. The van der Waals surface area contributed by atoms with Crippen LogP contribution < -0.4 is 5.32 Å². The van der Waals surface area contributed by atoms with Crippen LogP contribution in [0, 0.1) is 0 Å². The third kappa shape index (κ3) is 4.64. The maximum Gasteiger partial charge on any atom is 0.225 e. The lowest BCUT2D eigenvalue weighted by Crippen LogP contribution is -2.34. The molecule has 2 atom stereocenters. The van der Waals surface area contributed by atoms with Crippen LogP contribution in [-0.4, -0.2) is 38.5 Å². The second-order valence-corrected chi connectivity index (χ2v) is 7.56. The van der Waals surface area contributed by atoms with E-state index in [9.17, 15) is 9.59 Å². The van der Waals surface area contributed by atoms with Crippen molar-refractivity contribution in [3.05, 3.63) is 64.9 Å². The van der Waals surface area contributed by atoms with Crippen LogP contribution in [0.4, 0.5) is 0 Å². The molecule has 2 unspecified atom stereocenters. The van der Waals surface area contributed by atoms with Gasteiger partial charge in [0.1, 0.15) is 12.7 Å². The molecule has 8 heteroatoms. The number of amides is 2. The van der Waals surface area contributed by atoms with Crippen LogP contribution in [0.2, 0.25) is 0 Å². The summed E-state index contributed by atoms with van der Waals surface area (Å²) in [5.41, 5.74) is 1.93. The van der Waals surface area contributed by atoms with Crippen molar-refractivity contribution < 1.29 is 9.59 Å². The monoisotopic (exact) mass is 397 g/mol. The van der Waals surface area contributed by atoms with Gasteiger partial charge in [0.05, 0.1) is 24.2 Å². The molecule has 0 saturated heterocycles. The first-order valence-corrected chi connectivity index (χ1v) is 9.85.